The molecule has 146 valence electrons. The van der Waals surface area contributed by atoms with E-state index in [4.69, 9.17) is 9.84 Å². The van der Waals surface area contributed by atoms with Crippen LogP contribution in [-0.4, -0.2) is 68.5 Å². The number of aliphatic hydroxyl groups excluding tert-OH is 4. The Morgan fingerprint density at radius 2 is 1.73 bits per heavy atom. The standard InChI is InChI=1S/C16H20F3NO6/c1-8(22)20(6-9-2-4-10(5-3-9)16(17,18)19)12-14(24)13(23)11(7-21)26-15(12)25/h2-5,11-15,21,23-25H,6-7H2,1H3/t11-,12-,13-,14-,15-/m1/s1. The largest absolute Gasteiger partial charge is 0.416 e. The first-order chi connectivity index (χ1) is 12.1. The zero-order valence-corrected chi connectivity index (χ0v) is 13.8. The Kier molecular flexibility index (Phi) is 6.25. The molecule has 5 atom stereocenters. The van der Waals surface area contributed by atoms with E-state index >= 15 is 0 Å². The molecule has 2 rings (SSSR count). The van der Waals surface area contributed by atoms with Crippen LogP contribution in [0.1, 0.15) is 18.1 Å². The van der Waals surface area contributed by atoms with E-state index in [-0.39, 0.29) is 6.54 Å². The monoisotopic (exact) mass is 379 g/mol. The Hall–Kier alpha value is -1.72. The summed E-state index contributed by atoms with van der Waals surface area (Å²) >= 11 is 0. The average Bonchev–Trinajstić information content (AvgIpc) is 2.56. The first-order valence-electron chi connectivity index (χ1n) is 7.80. The van der Waals surface area contributed by atoms with E-state index in [1.807, 2.05) is 0 Å². The van der Waals surface area contributed by atoms with Crippen molar-refractivity contribution in [2.45, 2.75) is 50.3 Å². The molecule has 0 spiro atoms. The van der Waals surface area contributed by atoms with Crippen molar-refractivity contribution in [2.24, 2.45) is 0 Å². The number of benzene rings is 1. The van der Waals surface area contributed by atoms with Crippen LogP contribution in [0.4, 0.5) is 13.2 Å². The molecule has 1 heterocycles. The Bertz CT molecular complexity index is 623. The van der Waals surface area contributed by atoms with Crippen molar-refractivity contribution in [1.82, 2.24) is 4.90 Å². The fraction of sp³-hybridized carbons (Fsp3) is 0.562. The van der Waals surface area contributed by atoms with Gasteiger partial charge in [-0.3, -0.25) is 4.79 Å². The highest BCUT2D eigenvalue weighted by atomic mass is 19.4. The molecule has 1 fully saturated rings. The number of halogens is 3. The van der Waals surface area contributed by atoms with Crippen molar-refractivity contribution in [2.75, 3.05) is 6.61 Å². The van der Waals surface area contributed by atoms with Gasteiger partial charge in [-0.05, 0) is 17.7 Å². The molecule has 1 amide bonds. The highest BCUT2D eigenvalue weighted by molar-refractivity contribution is 5.73. The number of nitrogens with zero attached hydrogens (tertiary/aromatic N) is 1. The van der Waals surface area contributed by atoms with E-state index in [0.717, 1.165) is 24.0 Å². The topological polar surface area (TPSA) is 110 Å². The first kappa shape index (κ1) is 20.6. The van der Waals surface area contributed by atoms with E-state index in [1.165, 1.54) is 12.1 Å². The zero-order chi connectivity index (χ0) is 19.6. The van der Waals surface area contributed by atoms with Gasteiger partial charge in [-0.2, -0.15) is 13.2 Å². The van der Waals surface area contributed by atoms with Gasteiger partial charge in [0.15, 0.2) is 6.29 Å². The van der Waals surface area contributed by atoms with Crippen molar-refractivity contribution in [3.8, 4) is 0 Å². The van der Waals surface area contributed by atoms with E-state index in [2.05, 4.69) is 0 Å². The van der Waals surface area contributed by atoms with Crippen LogP contribution in [0.3, 0.4) is 0 Å². The molecule has 0 radical (unpaired) electrons. The van der Waals surface area contributed by atoms with Gasteiger partial charge < -0.3 is 30.1 Å². The molecule has 1 aromatic carbocycles. The molecule has 10 heteroatoms. The molecule has 1 aromatic rings. The number of hydrogen-bond donors (Lipinski definition) is 4. The van der Waals surface area contributed by atoms with Crippen LogP contribution >= 0.6 is 0 Å². The summed E-state index contributed by atoms with van der Waals surface area (Å²) in [6.07, 6.45) is -10.6. The highest BCUT2D eigenvalue weighted by Crippen LogP contribution is 2.30. The van der Waals surface area contributed by atoms with Crippen LogP contribution in [0, 0.1) is 0 Å². The van der Waals surface area contributed by atoms with E-state index in [9.17, 15) is 33.3 Å². The lowest BCUT2D eigenvalue weighted by molar-refractivity contribution is -0.271. The van der Waals surface area contributed by atoms with Crippen LogP contribution in [0.5, 0.6) is 0 Å². The lowest BCUT2D eigenvalue weighted by Gasteiger charge is -2.44. The van der Waals surface area contributed by atoms with Gasteiger partial charge in [0.2, 0.25) is 5.91 Å². The first-order valence-corrected chi connectivity index (χ1v) is 7.80. The summed E-state index contributed by atoms with van der Waals surface area (Å²) in [5.74, 6) is -0.591. The quantitative estimate of drug-likeness (QED) is 0.579. The maximum atomic E-state index is 12.6. The van der Waals surface area contributed by atoms with Crippen LogP contribution in [0.15, 0.2) is 24.3 Å². The maximum Gasteiger partial charge on any atom is 0.416 e. The molecule has 0 aliphatic carbocycles. The predicted molar refractivity (Wildman–Crippen MR) is 81.4 cm³/mol. The summed E-state index contributed by atoms with van der Waals surface area (Å²) in [6, 6.07) is 2.71. The van der Waals surface area contributed by atoms with E-state index in [1.54, 1.807) is 0 Å². The van der Waals surface area contributed by atoms with Crippen molar-refractivity contribution in [3.63, 3.8) is 0 Å². The fourth-order valence-electron chi connectivity index (χ4n) is 2.84. The highest BCUT2D eigenvalue weighted by Gasteiger charge is 2.47. The summed E-state index contributed by atoms with van der Waals surface area (Å²) in [5, 5.41) is 39.3. The summed E-state index contributed by atoms with van der Waals surface area (Å²) in [4.78, 5) is 13.0. The lowest BCUT2D eigenvalue weighted by Crippen LogP contribution is -2.64. The molecular formula is C16H20F3NO6. The predicted octanol–water partition coefficient (Wildman–Crippen LogP) is -0.146. The average molecular weight is 379 g/mol. The third kappa shape index (κ3) is 4.33. The number of carbonyl (C=O) groups is 1. The summed E-state index contributed by atoms with van der Waals surface area (Å²) in [6.45, 7) is 0.279. The number of ether oxygens (including phenoxy) is 1. The van der Waals surface area contributed by atoms with Gasteiger partial charge in [-0.1, -0.05) is 12.1 Å². The van der Waals surface area contributed by atoms with Gasteiger partial charge in [0.05, 0.1) is 12.2 Å². The van der Waals surface area contributed by atoms with Gasteiger partial charge in [-0.15, -0.1) is 0 Å². The maximum absolute atomic E-state index is 12.6. The number of carbonyl (C=O) groups excluding carboxylic acids is 1. The van der Waals surface area contributed by atoms with Crippen molar-refractivity contribution in [1.29, 1.82) is 0 Å². The Labute approximate surface area is 147 Å². The van der Waals surface area contributed by atoms with Gasteiger partial charge in [0.1, 0.15) is 24.4 Å². The molecule has 1 aliphatic rings. The number of aliphatic hydroxyl groups is 4. The molecule has 0 aromatic heterocycles. The molecule has 1 aliphatic heterocycles. The second-order valence-corrected chi connectivity index (χ2v) is 6.06. The van der Waals surface area contributed by atoms with Gasteiger partial charge in [-0.25, -0.2) is 0 Å². The van der Waals surface area contributed by atoms with Crippen molar-refractivity contribution < 1.29 is 43.1 Å². The summed E-state index contributed by atoms with van der Waals surface area (Å²) in [5.41, 5.74) is -0.524. The third-order valence-electron chi connectivity index (χ3n) is 4.27. The fourth-order valence-corrected chi connectivity index (χ4v) is 2.84. The molecule has 0 unspecified atom stereocenters. The zero-order valence-electron chi connectivity index (χ0n) is 13.8. The smallest absolute Gasteiger partial charge is 0.394 e. The van der Waals surface area contributed by atoms with E-state index < -0.39 is 54.9 Å². The number of alkyl halides is 3. The van der Waals surface area contributed by atoms with Gasteiger partial charge in [0, 0.05) is 13.5 Å². The molecule has 26 heavy (non-hydrogen) atoms. The molecule has 1 saturated heterocycles. The van der Waals surface area contributed by atoms with Crippen molar-refractivity contribution in [3.05, 3.63) is 35.4 Å². The number of amides is 1. The van der Waals surface area contributed by atoms with Gasteiger partial charge in [0.25, 0.3) is 0 Å². The minimum atomic E-state index is -4.49. The van der Waals surface area contributed by atoms with Crippen LogP contribution in [0.25, 0.3) is 0 Å². The Balaban J connectivity index is 2.22. The van der Waals surface area contributed by atoms with Crippen LogP contribution in [-0.2, 0) is 22.3 Å². The van der Waals surface area contributed by atoms with Gasteiger partial charge >= 0.3 is 6.18 Å². The molecular weight excluding hydrogens is 359 g/mol. The molecule has 0 bridgehead atoms. The Morgan fingerprint density at radius 1 is 1.15 bits per heavy atom. The Morgan fingerprint density at radius 3 is 2.19 bits per heavy atom. The normalized spacial score (nSPS) is 29.5. The van der Waals surface area contributed by atoms with Crippen molar-refractivity contribution >= 4 is 5.91 Å². The molecule has 0 saturated carbocycles. The van der Waals surface area contributed by atoms with E-state index in [0.29, 0.717) is 5.56 Å². The second kappa shape index (κ2) is 7.89. The summed E-state index contributed by atoms with van der Waals surface area (Å²) in [7, 11) is 0. The molecule has 4 N–H and O–H groups in total. The minimum Gasteiger partial charge on any atom is -0.394 e. The number of rotatable bonds is 4. The lowest BCUT2D eigenvalue weighted by atomic mass is 9.95. The van der Waals surface area contributed by atoms with Crippen LogP contribution in [0.2, 0.25) is 0 Å². The second-order valence-electron chi connectivity index (χ2n) is 6.06. The SMILES string of the molecule is CC(=O)N(Cc1ccc(C(F)(F)F)cc1)[C@@H]1[C@@H](O)[C@H](O)[C@@H](CO)O[C@H]1O. The minimum absolute atomic E-state index is 0.216. The van der Waals surface area contributed by atoms with Crippen LogP contribution < -0.4 is 0 Å². The summed E-state index contributed by atoms with van der Waals surface area (Å²) < 4.78 is 42.9. The molecule has 7 nitrogen and oxygen atoms in total. The number of hydrogen-bond acceptors (Lipinski definition) is 6. The third-order valence-corrected chi connectivity index (χ3v) is 4.27.